The van der Waals surface area contributed by atoms with Gasteiger partial charge in [-0.05, 0) is 0 Å². The van der Waals surface area contributed by atoms with Gasteiger partial charge in [0.2, 0.25) is 0 Å². The summed E-state index contributed by atoms with van der Waals surface area (Å²) in [6.07, 6.45) is -10.0. The average Bonchev–Trinajstić information content (AvgIpc) is 3.45. The molecule has 14 nitrogen and oxygen atoms in total. The second-order valence-electron chi connectivity index (χ2n) is 7.94. The highest BCUT2D eigenvalue weighted by Crippen LogP contribution is 2.26. The fourth-order valence-electron chi connectivity index (χ4n) is 3.55. The summed E-state index contributed by atoms with van der Waals surface area (Å²) >= 11 is 0. The van der Waals surface area contributed by atoms with Gasteiger partial charge in [-0.3, -0.25) is 0 Å². The van der Waals surface area contributed by atoms with Gasteiger partial charge in [0.15, 0.2) is 0 Å². The number of hydrogen-bond acceptors (Lipinski definition) is 14. The molecule has 4 aliphatic heterocycles. The number of ether oxygens (including phenoxy) is 4. The molecule has 4 fully saturated rings. The van der Waals surface area contributed by atoms with Gasteiger partial charge in [-0.15, -0.1) is 0 Å². The Hall–Kier alpha value is -0.560. The number of aliphatic hydroxyl groups excluding tert-OH is 10. The minimum absolute atomic E-state index is 0.00287. The highest BCUT2D eigenvalue weighted by molar-refractivity contribution is 4.93. The fourth-order valence-corrected chi connectivity index (χ4v) is 3.55. The molecule has 0 aromatic carbocycles. The Morgan fingerprint density at radius 3 is 1.50 bits per heavy atom. The second-order valence-corrected chi connectivity index (χ2v) is 7.94. The third-order valence-electron chi connectivity index (χ3n) is 5.54. The van der Waals surface area contributed by atoms with Crippen LogP contribution in [0, 0.1) is 0 Å². The lowest BCUT2D eigenvalue weighted by Gasteiger charge is -2.34. The van der Waals surface area contributed by atoms with Crippen molar-refractivity contribution in [3.05, 3.63) is 0 Å². The molecule has 4 heterocycles. The molecule has 0 amide bonds. The fraction of sp³-hybridized carbons (Fsp3) is 1.00. The molecular formula is C18H34O14. The van der Waals surface area contributed by atoms with Crippen LogP contribution in [0.4, 0.5) is 0 Å². The zero-order valence-corrected chi connectivity index (χ0v) is 17.3. The maximum atomic E-state index is 9.16. The van der Waals surface area contributed by atoms with E-state index in [2.05, 4.69) is 0 Å². The van der Waals surface area contributed by atoms with Gasteiger partial charge in [0.1, 0.15) is 73.2 Å². The van der Waals surface area contributed by atoms with Gasteiger partial charge in [0, 0.05) is 0 Å². The predicted octanol–water partition coefficient (Wildman–Crippen LogP) is -6.57. The third kappa shape index (κ3) is 6.74. The first-order chi connectivity index (χ1) is 15.1. The molecule has 32 heavy (non-hydrogen) atoms. The summed E-state index contributed by atoms with van der Waals surface area (Å²) in [7, 11) is 0. The van der Waals surface area contributed by atoms with E-state index in [1.807, 2.05) is 0 Å². The average molecular weight is 474 g/mol. The Kier molecular flexibility index (Phi) is 11.1. The molecule has 0 spiro atoms. The molecule has 190 valence electrons. The van der Waals surface area contributed by atoms with Crippen LogP contribution in [-0.4, -0.2) is 164 Å². The van der Waals surface area contributed by atoms with E-state index in [0.717, 1.165) is 0 Å². The van der Waals surface area contributed by atoms with Crippen LogP contribution in [0.1, 0.15) is 0 Å². The molecule has 4 saturated heterocycles. The lowest BCUT2D eigenvalue weighted by Crippen LogP contribution is -2.53. The Morgan fingerprint density at radius 2 is 1.06 bits per heavy atom. The van der Waals surface area contributed by atoms with E-state index in [1.54, 1.807) is 0 Å². The van der Waals surface area contributed by atoms with E-state index in [-0.39, 0.29) is 45.2 Å². The number of rotatable bonds is 3. The van der Waals surface area contributed by atoms with E-state index < -0.39 is 67.6 Å². The summed E-state index contributed by atoms with van der Waals surface area (Å²) in [6, 6.07) is 0. The molecule has 4 rings (SSSR count). The summed E-state index contributed by atoms with van der Waals surface area (Å²) < 4.78 is 19.8. The standard InChI is InChI=1S/2C6H12O5.C6H10O4/c7-1-4-6(10)5(9)3(8)2-11-4;7-1-3(8)6-5(10)4(9)2-11-6;7-3-1-9-6-4(8)2-10-5(3)6/h2*3-10H,1-2H2;3-8H,1-2H2. The van der Waals surface area contributed by atoms with Gasteiger partial charge in [0.05, 0.1) is 39.6 Å². The van der Waals surface area contributed by atoms with E-state index in [9.17, 15) is 0 Å². The van der Waals surface area contributed by atoms with Crippen molar-refractivity contribution in [3.8, 4) is 0 Å². The molecule has 0 aliphatic carbocycles. The van der Waals surface area contributed by atoms with Crippen molar-refractivity contribution in [1.29, 1.82) is 0 Å². The Balaban J connectivity index is 0.000000170. The summed E-state index contributed by atoms with van der Waals surface area (Å²) in [5, 5.41) is 89.5. The number of hydrogen-bond donors (Lipinski definition) is 10. The van der Waals surface area contributed by atoms with Gasteiger partial charge >= 0.3 is 0 Å². The molecule has 0 bridgehead atoms. The third-order valence-corrected chi connectivity index (χ3v) is 5.54. The molecule has 14 heteroatoms. The normalized spacial score (nSPS) is 46.5. The summed E-state index contributed by atoms with van der Waals surface area (Å²) in [5.41, 5.74) is 0. The highest BCUT2D eigenvalue weighted by atomic mass is 16.6. The van der Waals surface area contributed by atoms with Crippen LogP contribution in [0.15, 0.2) is 0 Å². The van der Waals surface area contributed by atoms with Crippen molar-refractivity contribution in [2.75, 3.05) is 39.6 Å². The molecule has 0 radical (unpaired) electrons. The van der Waals surface area contributed by atoms with Crippen molar-refractivity contribution in [2.24, 2.45) is 0 Å². The Morgan fingerprint density at radius 1 is 0.594 bits per heavy atom. The number of fused-ring (bicyclic) bond motifs is 1. The van der Waals surface area contributed by atoms with E-state index >= 15 is 0 Å². The quantitative estimate of drug-likeness (QED) is 0.183. The van der Waals surface area contributed by atoms with Crippen LogP contribution in [-0.2, 0) is 18.9 Å². The van der Waals surface area contributed by atoms with Gasteiger partial charge in [-0.2, -0.15) is 0 Å². The monoisotopic (exact) mass is 474 g/mol. The van der Waals surface area contributed by atoms with E-state index in [4.69, 9.17) is 70.0 Å². The van der Waals surface area contributed by atoms with E-state index in [1.165, 1.54) is 0 Å². The first-order valence-electron chi connectivity index (χ1n) is 10.2. The van der Waals surface area contributed by atoms with Crippen LogP contribution in [0.5, 0.6) is 0 Å². The van der Waals surface area contributed by atoms with Gasteiger partial charge in [0.25, 0.3) is 0 Å². The van der Waals surface area contributed by atoms with Crippen molar-refractivity contribution in [3.63, 3.8) is 0 Å². The maximum absolute atomic E-state index is 9.16. The first-order valence-corrected chi connectivity index (χ1v) is 10.2. The first kappa shape index (κ1) is 27.7. The van der Waals surface area contributed by atoms with Crippen LogP contribution in [0.3, 0.4) is 0 Å². The summed E-state index contributed by atoms with van der Waals surface area (Å²) in [6.45, 7) is -0.315. The highest BCUT2D eigenvalue weighted by Gasteiger charge is 2.46. The Bertz CT molecular complexity index is 522. The molecule has 12 unspecified atom stereocenters. The summed E-state index contributed by atoms with van der Waals surface area (Å²) in [5.74, 6) is 0. The van der Waals surface area contributed by atoms with Crippen molar-refractivity contribution >= 4 is 0 Å². The lowest BCUT2D eigenvalue weighted by molar-refractivity contribution is -0.195. The lowest BCUT2D eigenvalue weighted by atomic mass is 10.0. The van der Waals surface area contributed by atoms with Crippen LogP contribution in [0.25, 0.3) is 0 Å². The van der Waals surface area contributed by atoms with Crippen molar-refractivity contribution in [1.82, 2.24) is 0 Å². The van der Waals surface area contributed by atoms with Gasteiger partial charge in [-0.1, -0.05) is 0 Å². The van der Waals surface area contributed by atoms with E-state index in [0.29, 0.717) is 0 Å². The minimum atomic E-state index is -1.22. The largest absolute Gasteiger partial charge is 0.394 e. The number of aliphatic hydroxyl groups is 10. The second kappa shape index (κ2) is 12.8. The Labute approximate surface area is 183 Å². The predicted molar refractivity (Wildman–Crippen MR) is 101 cm³/mol. The molecular weight excluding hydrogens is 440 g/mol. The topological polar surface area (TPSA) is 239 Å². The molecule has 12 atom stereocenters. The zero-order chi connectivity index (χ0) is 24.0. The van der Waals surface area contributed by atoms with Crippen LogP contribution in [0.2, 0.25) is 0 Å². The molecule has 0 saturated carbocycles. The van der Waals surface area contributed by atoms with Gasteiger partial charge < -0.3 is 70.0 Å². The SMILES string of the molecule is OC1COC2C(O)COC12.OCC(O)C1OCC(O)C1O.OCC1OCC(O)C(O)C1O. The smallest absolute Gasteiger partial charge is 0.114 e. The molecule has 0 aromatic heterocycles. The van der Waals surface area contributed by atoms with Crippen molar-refractivity contribution in [2.45, 2.75) is 73.2 Å². The molecule has 10 N–H and O–H groups in total. The summed E-state index contributed by atoms with van der Waals surface area (Å²) in [4.78, 5) is 0. The van der Waals surface area contributed by atoms with Crippen molar-refractivity contribution < 1.29 is 70.0 Å². The zero-order valence-electron chi connectivity index (χ0n) is 17.3. The molecule has 0 aromatic rings. The van der Waals surface area contributed by atoms with Crippen LogP contribution < -0.4 is 0 Å². The maximum Gasteiger partial charge on any atom is 0.114 e. The molecule has 4 aliphatic rings. The minimum Gasteiger partial charge on any atom is -0.394 e. The van der Waals surface area contributed by atoms with Crippen LogP contribution >= 0.6 is 0 Å². The van der Waals surface area contributed by atoms with Gasteiger partial charge in [-0.25, -0.2) is 0 Å².